The maximum atomic E-state index is 12.2. The van der Waals surface area contributed by atoms with E-state index < -0.39 is 0 Å². The van der Waals surface area contributed by atoms with Gasteiger partial charge < -0.3 is 4.90 Å². The van der Waals surface area contributed by atoms with Crippen LogP contribution in [0.15, 0.2) is 53.0 Å². The van der Waals surface area contributed by atoms with Crippen molar-refractivity contribution in [3.8, 4) is 0 Å². The molecule has 0 N–H and O–H groups in total. The summed E-state index contributed by atoms with van der Waals surface area (Å²) in [5, 5.41) is 0. The van der Waals surface area contributed by atoms with Gasteiger partial charge in [-0.3, -0.25) is 4.79 Å². The molecule has 0 aliphatic carbocycles. The molecule has 0 fully saturated rings. The normalized spacial score (nSPS) is 13.7. The number of hydrogen-bond donors (Lipinski definition) is 0. The average Bonchev–Trinajstić information content (AvgIpc) is 2.74. The van der Waals surface area contributed by atoms with Crippen molar-refractivity contribution in [1.29, 1.82) is 0 Å². The van der Waals surface area contributed by atoms with Crippen LogP contribution in [0, 0.1) is 0 Å². The third kappa shape index (κ3) is 2.56. The predicted molar refractivity (Wildman–Crippen MR) is 79.0 cm³/mol. The smallest absolute Gasteiger partial charge is 0.254 e. The molecule has 0 bridgehead atoms. The first-order valence-corrected chi connectivity index (χ1v) is 7.15. The van der Waals surface area contributed by atoms with Crippen LogP contribution in [0.2, 0.25) is 0 Å². The first-order chi connectivity index (χ1) is 9.24. The number of fused-ring (bicyclic) bond motifs is 1. The van der Waals surface area contributed by atoms with Crippen molar-refractivity contribution in [3.63, 3.8) is 0 Å². The molecule has 0 aromatic heterocycles. The minimum Gasteiger partial charge on any atom is -0.334 e. The van der Waals surface area contributed by atoms with E-state index in [-0.39, 0.29) is 5.91 Å². The van der Waals surface area contributed by atoms with Crippen LogP contribution >= 0.6 is 15.9 Å². The fourth-order valence-corrected chi connectivity index (χ4v) is 2.90. The van der Waals surface area contributed by atoms with Crippen LogP contribution in [0.1, 0.15) is 21.5 Å². The van der Waals surface area contributed by atoms with E-state index in [0.29, 0.717) is 0 Å². The van der Waals surface area contributed by atoms with E-state index in [1.54, 1.807) is 0 Å². The summed E-state index contributed by atoms with van der Waals surface area (Å²) in [6, 6.07) is 16.1. The van der Waals surface area contributed by atoms with Crippen LogP contribution in [-0.4, -0.2) is 17.4 Å². The largest absolute Gasteiger partial charge is 0.334 e. The fraction of sp³-hybridized carbons (Fsp3) is 0.188. The minimum absolute atomic E-state index is 0.158. The Labute approximate surface area is 121 Å². The molecule has 2 aromatic rings. The van der Waals surface area contributed by atoms with Gasteiger partial charge in [0.1, 0.15) is 0 Å². The highest BCUT2D eigenvalue weighted by molar-refractivity contribution is 9.10. The second-order valence-corrected chi connectivity index (χ2v) is 5.68. The van der Waals surface area contributed by atoms with Crippen molar-refractivity contribution in [2.24, 2.45) is 0 Å². The maximum absolute atomic E-state index is 12.2. The highest BCUT2D eigenvalue weighted by Crippen LogP contribution is 2.22. The lowest BCUT2D eigenvalue weighted by molar-refractivity contribution is 0.0780. The summed E-state index contributed by atoms with van der Waals surface area (Å²) in [4.78, 5) is 14.1. The van der Waals surface area contributed by atoms with Crippen molar-refractivity contribution in [1.82, 2.24) is 4.90 Å². The minimum atomic E-state index is 0.158. The van der Waals surface area contributed by atoms with Gasteiger partial charge in [0.15, 0.2) is 0 Å². The molecular weight excluding hydrogens is 302 g/mol. The molecule has 2 aromatic carbocycles. The molecule has 96 valence electrons. The van der Waals surface area contributed by atoms with Gasteiger partial charge in [-0.15, -0.1) is 0 Å². The van der Waals surface area contributed by atoms with Crippen molar-refractivity contribution in [2.45, 2.75) is 13.0 Å². The second-order valence-electron chi connectivity index (χ2n) is 4.76. The molecule has 1 heterocycles. The Morgan fingerprint density at radius 2 is 1.95 bits per heavy atom. The van der Waals surface area contributed by atoms with Crippen molar-refractivity contribution in [3.05, 3.63) is 69.7 Å². The van der Waals surface area contributed by atoms with Gasteiger partial charge in [-0.1, -0.05) is 46.3 Å². The lowest BCUT2D eigenvalue weighted by atomic mass is 10.1. The lowest BCUT2D eigenvalue weighted by Crippen LogP contribution is -2.26. The Bertz CT molecular complexity index is 624. The SMILES string of the molecule is O=C1c2ccccc2CN1CCc1cccc(Br)c1. The summed E-state index contributed by atoms with van der Waals surface area (Å²) in [6.45, 7) is 1.51. The van der Waals surface area contributed by atoms with Crippen LogP contribution in [-0.2, 0) is 13.0 Å². The molecule has 0 unspecified atom stereocenters. The maximum Gasteiger partial charge on any atom is 0.254 e. The summed E-state index contributed by atoms with van der Waals surface area (Å²) >= 11 is 3.47. The number of halogens is 1. The molecule has 0 saturated carbocycles. The van der Waals surface area contributed by atoms with Crippen molar-refractivity contribution >= 4 is 21.8 Å². The van der Waals surface area contributed by atoms with E-state index in [1.165, 1.54) is 5.56 Å². The molecule has 3 rings (SSSR count). The van der Waals surface area contributed by atoms with Crippen LogP contribution in [0.25, 0.3) is 0 Å². The molecule has 1 aliphatic heterocycles. The third-order valence-electron chi connectivity index (χ3n) is 3.46. The van der Waals surface area contributed by atoms with Crippen molar-refractivity contribution in [2.75, 3.05) is 6.54 Å². The number of amides is 1. The Hall–Kier alpha value is -1.61. The monoisotopic (exact) mass is 315 g/mol. The number of benzene rings is 2. The molecule has 3 heteroatoms. The molecule has 0 spiro atoms. The van der Waals surface area contributed by atoms with Gasteiger partial charge in [-0.25, -0.2) is 0 Å². The molecule has 0 atom stereocenters. The van der Waals surface area contributed by atoms with Gasteiger partial charge in [0.05, 0.1) is 0 Å². The second kappa shape index (κ2) is 5.17. The van der Waals surface area contributed by atoms with E-state index in [1.807, 2.05) is 41.3 Å². The Morgan fingerprint density at radius 3 is 2.74 bits per heavy atom. The van der Waals surface area contributed by atoms with Gasteiger partial charge in [-0.05, 0) is 35.7 Å². The highest BCUT2D eigenvalue weighted by atomic mass is 79.9. The Balaban J connectivity index is 1.68. The van der Waals surface area contributed by atoms with Gasteiger partial charge in [-0.2, -0.15) is 0 Å². The zero-order valence-corrected chi connectivity index (χ0v) is 12.1. The summed E-state index contributed by atoms with van der Waals surface area (Å²) in [5.74, 6) is 0.158. The van der Waals surface area contributed by atoms with Crippen LogP contribution in [0.3, 0.4) is 0 Å². The summed E-state index contributed by atoms with van der Waals surface area (Å²) in [6.07, 6.45) is 0.888. The summed E-state index contributed by atoms with van der Waals surface area (Å²) < 4.78 is 1.08. The third-order valence-corrected chi connectivity index (χ3v) is 3.95. The average molecular weight is 316 g/mol. The number of rotatable bonds is 3. The fourth-order valence-electron chi connectivity index (χ4n) is 2.45. The zero-order valence-electron chi connectivity index (χ0n) is 10.5. The molecule has 0 saturated heterocycles. The molecule has 1 aliphatic rings. The number of carbonyl (C=O) groups excluding carboxylic acids is 1. The van der Waals surface area contributed by atoms with E-state index >= 15 is 0 Å². The zero-order chi connectivity index (χ0) is 13.2. The first-order valence-electron chi connectivity index (χ1n) is 6.35. The number of hydrogen-bond acceptors (Lipinski definition) is 1. The van der Waals surface area contributed by atoms with Crippen LogP contribution in [0.5, 0.6) is 0 Å². The van der Waals surface area contributed by atoms with E-state index in [2.05, 4.69) is 28.1 Å². The summed E-state index contributed by atoms with van der Waals surface area (Å²) in [7, 11) is 0. The van der Waals surface area contributed by atoms with E-state index in [0.717, 1.165) is 35.1 Å². The Kier molecular flexibility index (Phi) is 3.38. The van der Waals surface area contributed by atoms with Crippen molar-refractivity contribution < 1.29 is 4.79 Å². The highest BCUT2D eigenvalue weighted by Gasteiger charge is 2.25. The van der Waals surface area contributed by atoms with E-state index in [9.17, 15) is 4.79 Å². The molecule has 19 heavy (non-hydrogen) atoms. The quantitative estimate of drug-likeness (QED) is 0.846. The predicted octanol–water partition coefficient (Wildman–Crippen LogP) is 3.65. The summed E-state index contributed by atoms with van der Waals surface area (Å²) in [5.41, 5.74) is 3.25. The van der Waals surface area contributed by atoms with Gasteiger partial charge in [0, 0.05) is 23.1 Å². The molecule has 2 nitrogen and oxygen atoms in total. The van der Waals surface area contributed by atoms with Gasteiger partial charge in [0.2, 0.25) is 0 Å². The van der Waals surface area contributed by atoms with Crippen LogP contribution in [0.4, 0.5) is 0 Å². The Morgan fingerprint density at radius 1 is 1.11 bits per heavy atom. The molecular formula is C16H14BrNO. The van der Waals surface area contributed by atoms with Crippen LogP contribution < -0.4 is 0 Å². The van der Waals surface area contributed by atoms with Gasteiger partial charge in [0.25, 0.3) is 5.91 Å². The topological polar surface area (TPSA) is 20.3 Å². The molecule has 0 radical (unpaired) electrons. The lowest BCUT2D eigenvalue weighted by Gasteiger charge is -2.15. The van der Waals surface area contributed by atoms with Gasteiger partial charge >= 0.3 is 0 Å². The number of nitrogens with zero attached hydrogens (tertiary/aromatic N) is 1. The van der Waals surface area contributed by atoms with E-state index in [4.69, 9.17) is 0 Å². The molecule has 1 amide bonds. The standard InChI is InChI=1S/C16H14BrNO/c17-14-6-3-4-12(10-14)8-9-18-11-13-5-1-2-7-15(13)16(18)19/h1-7,10H,8-9,11H2. The first kappa shape index (κ1) is 12.4. The number of carbonyl (C=O) groups is 1.